The van der Waals surface area contributed by atoms with E-state index in [4.69, 9.17) is 4.74 Å². The Balaban J connectivity index is 3.62. The second-order valence-corrected chi connectivity index (χ2v) is 7.29. The number of hydrogen-bond acceptors (Lipinski definition) is 3. The molecule has 0 aliphatic rings. The van der Waals surface area contributed by atoms with E-state index in [1.165, 1.54) is 51.4 Å². The van der Waals surface area contributed by atoms with Crippen molar-refractivity contribution in [2.45, 2.75) is 104 Å². The summed E-state index contributed by atoms with van der Waals surface area (Å²) in [6, 6.07) is 0. The average Bonchev–Trinajstić information content (AvgIpc) is 2.45. The third-order valence-corrected chi connectivity index (χ3v) is 4.64. The van der Waals surface area contributed by atoms with Crippen LogP contribution in [0.15, 0.2) is 0 Å². The molecule has 0 aliphatic carbocycles. The van der Waals surface area contributed by atoms with Crippen molar-refractivity contribution in [1.82, 2.24) is 4.90 Å². The Hall–Kier alpha value is -0.570. The van der Waals surface area contributed by atoms with Crippen LogP contribution in [0.4, 0.5) is 0 Å². The molecule has 0 bridgehead atoms. The molecule has 22 heavy (non-hydrogen) atoms. The van der Waals surface area contributed by atoms with E-state index in [0.29, 0.717) is 0 Å². The van der Waals surface area contributed by atoms with E-state index in [0.717, 1.165) is 12.8 Å². The molecule has 0 aromatic heterocycles. The van der Waals surface area contributed by atoms with Gasteiger partial charge in [-0.3, -0.25) is 9.69 Å². The molecule has 0 saturated carbocycles. The first-order chi connectivity index (χ1) is 10.3. The largest absolute Gasteiger partial charge is 0.461 e. The predicted octanol–water partition coefficient (Wildman–Crippen LogP) is 5.18. The standard InChI is InChI=1S/C19H39NO2/c1-7-8-9-10-11-12-13-14-15-16-17(2)22-18(21)19(3,4)20(5)6/h17H,7-16H2,1-6H3. The van der Waals surface area contributed by atoms with E-state index < -0.39 is 5.54 Å². The van der Waals surface area contributed by atoms with Gasteiger partial charge in [-0.05, 0) is 47.7 Å². The lowest BCUT2D eigenvalue weighted by atomic mass is 10.0. The van der Waals surface area contributed by atoms with E-state index in [2.05, 4.69) is 6.92 Å². The first-order valence-corrected chi connectivity index (χ1v) is 9.20. The van der Waals surface area contributed by atoms with E-state index in [1.807, 2.05) is 39.8 Å². The third kappa shape index (κ3) is 9.45. The highest BCUT2D eigenvalue weighted by Gasteiger charge is 2.32. The Morgan fingerprint density at radius 2 is 1.41 bits per heavy atom. The number of carbonyl (C=O) groups is 1. The molecule has 0 aromatic rings. The van der Waals surface area contributed by atoms with Gasteiger partial charge in [0, 0.05) is 0 Å². The molecular formula is C19H39NO2. The fraction of sp³-hybridized carbons (Fsp3) is 0.947. The molecule has 0 amide bonds. The maximum absolute atomic E-state index is 12.1. The third-order valence-electron chi connectivity index (χ3n) is 4.64. The predicted molar refractivity (Wildman–Crippen MR) is 95.2 cm³/mol. The minimum Gasteiger partial charge on any atom is -0.461 e. The smallest absolute Gasteiger partial charge is 0.326 e. The SMILES string of the molecule is CCCCCCCCCCCC(C)OC(=O)C(C)(C)N(C)C. The van der Waals surface area contributed by atoms with Gasteiger partial charge in [-0.1, -0.05) is 58.3 Å². The molecule has 0 spiro atoms. The number of rotatable bonds is 13. The van der Waals surface area contributed by atoms with Gasteiger partial charge in [0.1, 0.15) is 5.54 Å². The maximum atomic E-state index is 12.1. The Labute approximate surface area is 138 Å². The highest BCUT2D eigenvalue weighted by Crippen LogP contribution is 2.16. The van der Waals surface area contributed by atoms with Gasteiger partial charge in [0.25, 0.3) is 0 Å². The Bertz CT molecular complexity index is 287. The van der Waals surface area contributed by atoms with Gasteiger partial charge < -0.3 is 4.74 Å². The van der Waals surface area contributed by atoms with Crippen LogP contribution in [0.5, 0.6) is 0 Å². The van der Waals surface area contributed by atoms with Crippen molar-refractivity contribution in [3.8, 4) is 0 Å². The fourth-order valence-corrected chi connectivity index (χ4v) is 2.31. The van der Waals surface area contributed by atoms with Crippen LogP contribution in [0.25, 0.3) is 0 Å². The van der Waals surface area contributed by atoms with Gasteiger partial charge in [-0.2, -0.15) is 0 Å². The Morgan fingerprint density at radius 3 is 1.86 bits per heavy atom. The molecule has 0 aliphatic heterocycles. The Kier molecular flexibility index (Phi) is 11.6. The lowest BCUT2D eigenvalue weighted by Gasteiger charge is -2.31. The lowest BCUT2D eigenvalue weighted by Crippen LogP contribution is -2.47. The van der Waals surface area contributed by atoms with E-state index in [1.54, 1.807) is 0 Å². The number of hydrogen-bond donors (Lipinski definition) is 0. The first kappa shape index (κ1) is 21.4. The topological polar surface area (TPSA) is 29.5 Å². The van der Waals surface area contributed by atoms with Crippen molar-refractivity contribution >= 4 is 5.97 Å². The normalized spacial score (nSPS) is 13.4. The zero-order valence-corrected chi connectivity index (χ0v) is 15.9. The lowest BCUT2D eigenvalue weighted by molar-refractivity contribution is -0.159. The number of esters is 1. The van der Waals surface area contributed by atoms with Gasteiger partial charge >= 0.3 is 5.97 Å². The Morgan fingerprint density at radius 1 is 0.955 bits per heavy atom. The van der Waals surface area contributed by atoms with E-state index in [9.17, 15) is 4.79 Å². The van der Waals surface area contributed by atoms with Crippen molar-refractivity contribution in [3.63, 3.8) is 0 Å². The molecule has 0 aromatic carbocycles. The summed E-state index contributed by atoms with van der Waals surface area (Å²) < 4.78 is 5.57. The molecular weight excluding hydrogens is 274 g/mol. The molecule has 0 heterocycles. The monoisotopic (exact) mass is 313 g/mol. The van der Waals surface area contributed by atoms with Crippen LogP contribution in [0.2, 0.25) is 0 Å². The van der Waals surface area contributed by atoms with Crippen LogP contribution in [0.1, 0.15) is 91.9 Å². The summed E-state index contributed by atoms with van der Waals surface area (Å²) in [6.45, 7) is 8.07. The first-order valence-electron chi connectivity index (χ1n) is 9.20. The summed E-state index contributed by atoms with van der Waals surface area (Å²) in [7, 11) is 3.82. The van der Waals surface area contributed by atoms with Gasteiger partial charge in [-0.15, -0.1) is 0 Å². The number of likely N-dealkylation sites (N-methyl/N-ethyl adjacent to an activating group) is 1. The van der Waals surface area contributed by atoms with Crippen molar-refractivity contribution in [2.75, 3.05) is 14.1 Å². The van der Waals surface area contributed by atoms with E-state index >= 15 is 0 Å². The molecule has 3 heteroatoms. The number of carbonyl (C=O) groups excluding carboxylic acids is 1. The van der Waals surface area contributed by atoms with Crippen molar-refractivity contribution in [2.24, 2.45) is 0 Å². The van der Waals surface area contributed by atoms with Crippen LogP contribution in [0.3, 0.4) is 0 Å². The second-order valence-electron chi connectivity index (χ2n) is 7.29. The summed E-state index contributed by atoms with van der Waals surface area (Å²) in [5, 5.41) is 0. The molecule has 1 unspecified atom stereocenters. The summed E-state index contributed by atoms with van der Waals surface area (Å²) in [5.74, 6) is -0.124. The van der Waals surface area contributed by atoms with Gasteiger partial charge in [0.05, 0.1) is 6.10 Å². The van der Waals surface area contributed by atoms with Gasteiger partial charge in [0.15, 0.2) is 0 Å². The van der Waals surface area contributed by atoms with Crippen LogP contribution >= 0.6 is 0 Å². The van der Waals surface area contributed by atoms with Crippen LogP contribution < -0.4 is 0 Å². The maximum Gasteiger partial charge on any atom is 0.326 e. The van der Waals surface area contributed by atoms with Gasteiger partial charge in [-0.25, -0.2) is 0 Å². The molecule has 0 N–H and O–H groups in total. The van der Waals surface area contributed by atoms with Crippen molar-refractivity contribution in [1.29, 1.82) is 0 Å². The zero-order valence-electron chi connectivity index (χ0n) is 15.9. The summed E-state index contributed by atoms with van der Waals surface area (Å²) in [6.07, 6.45) is 12.9. The molecule has 0 saturated heterocycles. The van der Waals surface area contributed by atoms with Crippen molar-refractivity contribution < 1.29 is 9.53 Å². The number of ether oxygens (including phenoxy) is 1. The minimum atomic E-state index is -0.549. The summed E-state index contributed by atoms with van der Waals surface area (Å²) in [4.78, 5) is 14.0. The quantitative estimate of drug-likeness (QED) is 0.346. The molecule has 0 radical (unpaired) electrons. The molecule has 0 rings (SSSR count). The molecule has 3 nitrogen and oxygen atoms in total. The number of unbranched alkanes of at least 4 members (excludes halogenated alkanes) is 8. The van der Waals surface area contributed by atoms with E-state index in [-0.39, 0.29) is 12.1 Å². The highest BCUT2D eigenvalue weighted by molar-refractivity contribution is 5.79. The van der Waals surface area contributed by atoms with Crippen LogP contribution in [-0.4, -0.2) is 36.6 Å². The average molecular weight is 314 g/mol. The second kappa shape index (κ2) is 11.9. The molecule has 0 fully saturated rings. The minimum absolute atomic E-state index is 0.0243. The van der Waals surface area contributed by atoms with Gasteiger partial charge in [0.2, 0.25) is 0 Å². The van der Waals surface area contributed by atoms with Crippen molar-refractivity contribution in [3.05, 3.63) is 0 Å². The van der Waals surface area contributed by atoms with Crippen LogP contribution in [0, 0.1) is 0 Å². The molecule has 1 atom stereocenters. The highest BCUT2D eigenvalue weighted by atomic mass is 16.5. The number of nitrogens with zero attached hydrogens (tertiary/aromatic N) is 1. The zero-order chi connectivity index (χ0) is 17.0. The summed E-state index contributed by atoms with van der Waals surface area (Å²) >= 11 is 0. The fourth-order valence-electron chi connectivity index (χ4n) is 2.31. The molecule has 132 valence electrons. The van der Waals surface area contributed by atoms with Crippen LogP contribution in [-0.2, 0) is 9.53 Å². The summed E-state index contributed by atoms with van der Waals surface area (Å²) in [5.41, 5.74) is -0.549.